The molecular formula is C35H28N2. The monoisotopic (exact) mass is 476 g/mol. The van der Waals surface area contributed by atoms with E-state index < -0.39 is 0 Å². The number of anilines is 4. The van der Waals surface area contributed by atoms with E-state index >= 15 is 0 Å². The largest absolute Gasteiger partial charge is 0.248 e. The van der Waals surface area contributed by atoms with Crippen LogP contribution in [-0.2, 0) is 5.41 Å². The summed E-state index contributed by atoms with van der Waals surface area (Å²) in [5.74, 6) is 0. The molecule has 0 spiro atoms. The second kappa shape index (κ2) is 7.97. The summed E-state index contributed by atoms with van der Waals surface area (Å²) in [6.45, 7) is 9.22. The number of para-hydroxylation sites is 3. The molecule has 178 valence electrons. The molecule has 0 saturated heterocycles. The van der Waals surface area contributed by atoms with Crippen LogP contribution in [0.15, 0.2) is 128 Å². The molecule has 2 aliphatic rings. The summed E-state index contributed by atoms with van der Waals surface area (Å²) in [5.41, 5.74) is 13.1. The first-order valence-corrected chi connectivity index (χ1v) is 12.8. The van der Waals surface area contributed by atoms with Crippen LogP contribution in [0.1, 0.15) is 36.1 Å². The SMILES string of the molecule is C=C1c2ccccc2N(c2ccccc2)N(c2ccc3c(c2)-c2ccccc2C3(C)C)c2ccccc21. The van der Waals surface area contributed by atoms with E-state index in [9.17, 15) is 0 Å². The second-order valence-electron chi connectivity index (χ2n) is 10.4. The van der Waals surface area contributed by atoms with Gasteiger partial charge in [-0.25, -0.2) is 10.0 Å². The third kappa shape index (κ3) is 3.12. The van der Waals surface area contributed by atoms with Gasteiger partial charge in [0.2, 0.25) is 0 Å². The summed E-state index contributed by atoms with van der Waals surface area (Å²) < 4.78 is 0. The molecule has 2 heteroatoms. The second-order valence-corrected chi connectivity index (χ2v) is 10.4. The lowest BCUT2D eigenvalue weighted by molar-refractivity contribution is 0.660. The molecule has 5 aromatic carbocycles. The molecule has 0 bridgehead atoms. The quantitative estimate of drug-likeness (QED) is 0.250. The maximum Gasteiger partial charge on any atom is 0.0715 e. The first-order valence-electron chi connectivity index (χ1n) is 12.8. The van der Waals surface area contributed by atoms with Crippen molar-refractivity contribution in [3.8, 4) is 11.1 Å². The maximum absolute atomic E-state index is 4.57. The Kier molecular flexibility index (Phi) is 4.68. The van der Waals surface area contributed by atoms with Gasteiger partial charge in [0.25, 0.3) is 0 Å². The molecule has 1 aliphatic carbocycles. The fourth-order valence-corrected chi connectivity index (χ4v) is 6.11. The predicted molar refractivity (Wildman–Crippen MR) is 156 cm³/mol. The predicted octanol–water partition coefficient (Wildman–Crippen LogP) is 9.26. The zero-order valence-electron chi connectivity index (χ0n) is 21.1. The lowest BCUT2D eigenvalue weighted by atomic mass is 9.82. The van der Waals surface area contributed by atoms with E-state index in [1.165, 1.54) is 22.3 Å². The average molecular weight is 477 g/mol. The maximum atomic E-state index is 4.57. The van der Waals surface area contributed by atoms with Crippen molar-refractivity contribution in [1.82, 2.24) is 0 Å². The van der Waals surface area contributed by atoms with E-state index in [4.69, 9.17) is 0 Å². The summed E-state index contributed by atoms with van der Waals surface area (Å²) in [5, 5.41) is 4.69. The molecule has 7 rings (SSSR count). The van der Waals surface area contributed by atoms with Gasteiger partial charge >= 0.3 is 0 Å². The normalized spacial score (nSPS) is 14.9. The number of hydrazine groups is 1. The minimum absolute atomic E-state index is 0.0266. The highest BCUT2D eigenvalue weighted by Crippen LogP contribution is 2.52. The number of benzene rings is 5. The van der Waals surface area contributed by atoms with Crippen LogP contribution in [-0.4, -0.2) is 0 Å². The Labute approximate surface area is 218 Å². The van der Waals surface area contributed by atoms with Crippen molar-refractivity contribution >= 4 is 28.3 Å². The van der Waals surface area contributed by atoms with E-state index in [2.05, 4.69) is 152 Å². The molecule has 37 heavy (non-hydrogen) atoms. The first-order chi connectivity index (χ1) is 18.1. The van der Waals surface area contributed by atoms with E-state index in [1.807, 2.05) is 0 Å². The minimum atomic E-state index is -0.0266. The lowest BCUT2D eigenvalue weighted by Crippen LogP contribution is -2.35. The van der Waals surface area contributed by atoms with Gasteiger partial charge in [-0.15, -0.1) is 0 Å². The van der Waals surface area contributed by atoms with Crippen molar-refractivity contribution in [1.29, 1.82) is 0 Å². The molecule has 0 N–H and O–H groups in total. The zero-order valence-corrected chi connectivity index (χ0v) is 21.1. The van der Waals surface area contributed by atoms with Gasteiger partial charge in [-0.3, -0.25) is 0 Å². The standard InChI is InChI=1S/C35H28N2/c1-24-27-15-8-11-19-33(27)36(25-13-5-4-6-14-25)37(34-20-12-9-16-28(24)34)26-21-22-32-30(23-26)29-17-7-10-18-31(29)35(32,2)3/h4-23H,1H2,2-3H3. The topological polar surface area (TPSA) is 6.48 Å². The molecule has 0 fully saturated rings. The molecule has 0 atom stereocenters. The first kappa shape index (κ1) is 21.7. The highest BCUT2D eigenvalue weighted by Gasteiger charge is 2.36. The van der Waals surface area contributed by atoms with Crippen molar-refractivity contribution in [3.63, 3.8) is 0 Å². The van der Waals surface area contributed by atoms with Gasteiger partial charge in [0.05, 0.1) is 22.7 Å². The smallest absolute Gasteiger partial charge is 0.0715 e. The highest BCUT2D eigenvalue weighted by molar-refractivity contribution is 5.98. The van der Waals surface area contributed by atoms with Crippen molar-refractivity contribution in [3.05, 3.63) is 150 Å². The third-order valence-electron chi connectivity index (χ3n) is 7.93. The number of fused-ring (bicyclic) bond motifs is 5. The Morgan fingerprint density at radius 2 is 1.00 bits per heavy atom. The third-order valence-corrected chi connectivity index (χ3v) is 7.93. The number of rotatable bonds is 2. The summed E-state index contributed by atoms with van der Waals surface area (Å²) in [7, 11) is 0. The van der Waals surface area contributed by atoms with Crippen LogP contribution < -0.4 is 10.0 Å². The van der Waals surface area contributed by atoms with E-state index in [0.29, 0.717) is 0 Å². The van der Waals surface area contributed by atoms with E-state index in [1.54, 1.807) is 0 Å². The van der Waals surface area contributed by atoms with Gasteiger partial charge in [-0.2, -0.15) is 0 Å². The molecule has 0 radical (unpaired) electrons. The molecule has 2 nitrogen and oxygen atoms in total. The van der Waals surface area contributed by atoms with E-state index in [-0.39, 0.29) is 5.41 Å². The molecule has 1 heterocycles. The van der Waals surface area contributed by atoms with Crippen LogP contribution in [0, 0.1) is 0 Å². The Morgan fingerprint density at radius 1 is 0.486 bits per heavy atom. The van der Waals surface area contributed by atoms with Gasteiger partial charge in [0, 0.05) is 16.5 Å². The van der Waals surface area contributed by atoms with Crippen LogP contribution >= 0.6 is 0 Å². The molecule has 0 aromatic heterocycles. The number of hydrogen-bond acceptors (Lipinski definition) is 2. The fourth-order valence-electron chi connectivity index (χ4n) is 6.11. The van der Waals surface area contributed by atoms with Gasteiger partial charge in [0.15, 0.2) is 0 Å². The van der Waals surface area contributed by atoms with E-state index in [0.717, 1.165) is 39.4 Å². The summed E-state index contributed by atoms with van der Waals surface area (Å²) in [6, 6.07) is 43.6. The van der Waals surface area contributed by atoms with Crippen LogP contribution in [0.3, 0.4) is 0 Å². The Hall–Kier alpha value is -4.56. The van der Waals surface area contributed by atoms with Gasteiger partial charge in [-0.05, 0) is 64.2 Å². The van der Waals surface area contributed by atoms with Gasteiger partial charge in [0.1, 0.15) is 0 Å². The van der Waals surface area contributed by atoms with Crippen LogP contribution in [0.2, 0.25) is 0 Å². The number of nitrogens with zero attached hydrogens (tertiary/aromatic N) is 2. The summed E-state index contributed by atoms with van der Waals surface area (Å²) in [4.78, 5) is 0. The Balaban J connectivity index is 1.54. The molecule has 5 aromatic rings. The lowest BCUT2D eigenvalue weighted by Gasteiger charge is -2.38. The number of hydrogen-bond donors (Lipinski definition) is 0. The Morgan fingerprint density at radius 3 is 1.68 bits per heavy atom. The molecule has 1 aliphatic heterocycles. The summed E-state index contributed by atoms with van der Waals surface area (Å²) >= 11 is 0. The molecule has 0 unspecified atom stereocenters. The molecular weight excluding hydrogens is 448 g/mol. The Bertz CT molecular complexity index is 1680. The van der Waals surface area contributed by atoms with Gasteiger partial charge in [-0.1, -0.05) is 105 Å². The molecule has 0 saturated carbocycles. The van der Waals surface area contributed by atoms with Crippen molar-refractivity contribution in [2.45, 2.75) is 19.3 Å². The average Bonchev–Trinajstić information content (AvgIpc) is 3.11. The van der Waals surface area contributed by atoms with Crippen LogP contribution in [0.5, 0.6) is 0 Å². The molecule has 0 amide bonds. The summed E-state index contributed by atoms with van der Waals surface area (Å²) in [6.07, 6.45) is 0. The van der Waals surface area contributed by atoms with Crippen molar-refractivity contribution in [2.75, 3.05) is 10.0 Å². The minimum Gasteiger partial charge on any atom is -0.248 e. The van der Waals surface area contributed by atoms with Crippen LogP contribution in [0.25, 0.3) is 16.7 Å². The fraction of sp³-hybridized carbons (Fsp3) is 0.0857. The highest BCUT2D eigenvalue weighted by atomic mass is 15.6. The van der Waals surface area contributed by atoms with Crippen molar-refractivity contribution < 1.29 is 0 Å². The van der Waals surface area contributed by atoms with Gasteiger partial charge < -0.3 is 0 Å². The van der Waals surface area contributed by atoms with Crippen LogP contribution in [0.4, 0.5) is 22.7 Å². The van der Waals surface area contributed by atoms with Crippen molar-refractivity contribution in [2.24, 2.45) is 0 Å². The zero-order chi connectivity index (χ0) is 25.1.